The number of carbonyl (C=O) groups is 2. The summed E-state index contributed by atoms with van der Waals surface area (Å²) in [5, 5.41) is 0. The first-order valence-corrected chi connectivity index (χ1v) is 15.7. The first kappa shape index (κ1) is 28.8. The lowest BCUT2D eigenvalue weighted by atomic mass is 9.48. The highest BCUT2D eigenvalue weighted by Gasteiger charge is 2.53. The van der Waals surface area contributed by atoms with Crippen molar-refractivity contribution in [1.82, 2.24) is 9.55 Å². The second-order valence-electron chi connectivity index (χ2n) is 13.5. The molecule has 5 fully saturated rings. The van der Waals surface area contributed by atoms with Gasteiger partial charge in [-0.3, -0.25) is 14.3 Å². The zero-order valence-corrected chi connectivity index (χ0v) is 25.1. The number of nitrogens with one attached hydrogen (secondary N) is 1. The second-order valence-corrected chi connectivity index (χ2v) is 13.5. The number of nitrogens with zero attached hydrogens (tertiary/aromatic N) is 1. The topological polar surface area (TPSA) is 117 Å². The predicted octanol–water partition coefficient (Wildman–Crippen LogP) is 4.99. The summed E-state index contributed by atoms with van der Waals surface area (Å²) in [6.45, 7) is 3.69. The van der Waals surface area contributed by atoms with E-state index in [9.17, 15) is 19.2 Å². The number of hydrogen-bond donors (Lipinski definition) is 1. The number of benzene rings is 2. The number of carbonyl (C=O) groups excluding carboxylic acids is 2. The van der Waals surface area contributed by atoms with Crippen LogP contribution in [0.5, 0.6) is 0 Å². The average molecular weight is 599 g/mol. The first-order chi connectivity index (χ1) is 21.2. The van der Waals surface area contributed by atoms with Gasteiger partial charge in [-0.2, -0.15) is 0 Å². The minimum Gasteiger partial charge on any atom is -0.459 e. The highest BCUT2D eigenvalue weighted by Crippen LogP contribution is 2.60. The van der Waals surface area contributed by atoms with Crippen molar-refractivity contribution in [2.45, 2.75) is 82.6 Å². The molecule has 9 nitrogen and oxygen atoms in total. The molecule has 3 aromatic rings. The molecular weight excluding hydrogens is 560 g/mol. The quantitative estimate of drug-likeness (QED) is 0.381. The Kier molecular flexibility index (Phi) is 7.31. The van der Waals surface area contributed by atoms with Gasteiger partial charge in [0.15, 0.2) is 0 Å². The molecule has 9 heteroatoms. The maximum Gasteiger partial charge on any atom is 0.338 e. The first-order valence-electron chi connectivity index (χ1n) is 15.7. The number of aromatic amines is 1. The van der Waals surface area contributed by atoms with E-state index in [2.05, 4.69) is 4.98 Å². The molecule has 4 saturated carbocycles. The molecule has 1 aromatic heterocycles. The van der Waals surface area contributed by atoms with Crippen LogP contribution in [0.3, 0.4) is 0 Å². The Morgan fingerprint density at radius 3 is 1.95 bits per heavy atom. The standard InChI is InChI=1S/C35H38N2O7/c1-20-3-7-25(8-4-20)32(39)42-19-29-28(44-33(40)26-9-5-21(2)6-10-26)14-30(43-29)37-18-27(31(38)36-34(37)41)35-15-22-11-23(16-35)13-24(12-22)17-35/h3-10,18,22-24,28-30H,11-17,19H2,1-2H3,(H,36,38,41)/t22?,23?,24?,28-,29+,30+,35?/m0/s1. The van der Waals surface area contributed by atoms with E-state index in [0.29, 0.717) is 34.4 Å². The van der Waals surface area contributed by atoms with Crippen LogP contribution in [0.4, 0.5) is 0 Å². The molecule has 44 heavy (non-hydrogen) atoms. The van der Waals surface area contributed by atoms with Crippen LogP contribution in [0.2, 0.25) is 0 Å². The van der Waals surface area contributed by atoms with Crippen molar-refractivity contribution in [1.29, 1.82) is 0 Å². The molecule has 0 spiro atoms. The summed E-state index contributed by atoms with van der Waals surface area (Å²) in [6.07, 6.45) is 6.06. The number of H-pyrrole nitrogens is 1. The van der Waals surface area contributed by atoms with E-state index in [0.717, 1.165) is 30.4 Å². The van der Waals surface area contributed by atoms with Crippen LogP contribution in [-0.4, -0.2) is 40.3 Å². The highest BCUT2D eigenvalue weighted by molar-refractivity contribution is 5.90. The van der Waals surface area contributed by atoms with Gasteiger partial charge in [-0.15, -0.1) is 0 Å². The van der Waals surface area contributed by atoms with Crippen LogP contribution in [0.15, 0.2) is 64.3 Å². The molecular formula is C35H38N2O7. The Labute approximate surface area is 255 Å². The fourth-order valence-corrected chi connectivity index (χ4v) is 8.49. The monoisotopic (exact) mass is 598 g/mol. The van der Waals surface area contributed by atoms with E-state index in [-0.39, 0.29) is 24.0 Å². The summed E-state index contributed by atoms with van der Waals surface area (Å²) in [5.41, 5.74) is 2.35. The minimum absolute atomic E-state index is 0.163. The van der Waals surface area contributed by atoms with Gasteiger partial charge < -0.3 is 14.2 Å². The van der Waals surface area contributed by atoms with E-state index >= 15 is 0 Å². The van der Waals surface area contributed by atoms with Gasteiger partial charge in [0, 0.05) is 23.6 Å². The van der Waals surface area contributed by atoms with Gasteiger partial charge in [-0.1, -0.05) is 35.4 Å². The summed E-state index contributed by atoms with van der Waals surface area (Å²) in [5.74, 6) is 0.828. The van der Waals surface area contributed by atoms with Crippen LogP contribution in [0.25, 0.3) is 0 Å². The molecule has 8 rings (SSSR count). The van der Waals surface area contributed by atoms with Gasteiger partial charge in [-0.05, 0) is 94.4 Å². The van der Waals surface area contributed by atoms with Gasteiger partial charge >= 0.3 is 17.6 Å². The lowest BCUT2D eigenvalue weighted by molar-refractivity contribution is -0.0586. The third kappa shape index (κ3) is 5.42. The summed E-state index contributed by atoms with van der Waals surface area (Å²) in [4.78, 5) is 55.0. The Hall–Kier alpha value is -3.98. The molecule has 3 atom stereocenters. The van der Waals surface area contributed by atoms with Crippen LogP contribution in [-0.2, 0) is 19.6 Å². The van der Waals surface area contributed by atoms with Crippen molar-refractivity contribution in [3.8, 4) is 0 Å². The molecule has 0 radical (unpaired) electrons. The lowest BCUT2D eigenvalue weighted by Crippen LogP contribution is -2.51. The van der Waals surface area contributed by atoms with Crippen molar-refractivity contribution >= 4 is 11.9 Å². The van der Waals surface area contributed by atoms with Gasteiger partial charge in [0.05, 0.1) is 11.1 Å². The minimum atomic E-state index is -0.814. The molecule has 230 valence electrons. The molecule has 2 heterocycles. The zero-order chi connectivity index (χ0) is 30.6. The number of aryl methyl sites for hydroxylation is 2. The summed E-state index contributed by atoms with van der Waals surface area (Å²) >= 11 is 0. The third-order valence-corrected chi connectivity index (χ3v) is 10.3. The van der Waals surface area contributed by atoms with Crippen molar-refractivity contribution in [2.24, 2.45) is 17.8 Å². The van der Waals surface area contributed by atoms with E-state index in [1.54, 1.807) is 30.5 Å². The van der Waals surface area contributed by atoms with E-state index in [4.69, 9.17) is 14.2 Å². The molecule has 0 amide bonds. The SMILES string of the molecule is Cc1ccc(C(=O)OC[C@H]2O[C@@H](n3cc(C45CC6CC(CC(C6)C4)C5)c(=O)[nH]c3=O)C[C@@H]2OC(=O)c2ccc(C)cc2)cc1. The fraction of sp³-hybridized carbons (Fsp3) is 0.486. The number of esters is 2. The number of aromatic nitrogens is 2. The molecule has 5 aliphatic rings. The normalized spacial score (nSPS) is 30.3. The Morgan fingerprint density at radius 1 is 0.841 bits per heavy atom. The average Bonchev–Trinajstić information content (AvgIpc) is 3.37. The van der Waals surface area contributed by atoms with Crippen molar-refractivity contribution < 1.29 is 23.8 Å². The van der Waals surface area contributed by atoms with Gasteiger partial charge in [0.25, 0.3) is 5.56 Å². The smallest absolute Gasteiger partial charge is 0.338 e. The number of rotatable bonds is 7. The Bertz CT molecular complexity index is 1650. The zero-order valence-electron chi connectivity index (χ0n) is 25.1. The fourth-order valence-electron chi connectivity index (χ4n) is 8.49. The van der Waals surface area contributed by atoms with Gasteiger partial charge in [0.1, 0.15) is 25.0 Å². The molecule has 4 aliphatic carbocycles. The van der Waals surface area contributed by atoms with Crippen LogP contribution in [0, 0.1) is 31.6 Å². The van der Waals surface area contributed by atoms with Crippen LogP contribution >= 0.6 is 0 Å². The molecule has 1 saturated heterocycles. The maximum absolute atomic E-state index is 13.3. The van der Waals surface area contributed by atoms with Crippen LogP contribution < -0.4 is 11.2 Å². The van der Waals surface area contributed by atoms with Gasteiger partial charge in [0.2, 0.25) is 0 Å². The number of ether oxygens (including phenoxy) is 3. The third-order valence-electron chi connectivity index (χ3n) is 10.3. The van der Waals surface area contributed by atoms with E-state index in [1.165, 1.54) is 23.8 Å². The molecule has 4 bridgehead atoms. The molecule has 1 aliphatic heterocycles. The van der Waals surface area contributed by atoms with Crippen LogP contribution in [0.1, 0.15) is 88.6 Å². The second kappa shape index (κ2) is 11.2. The van der Waals surface area contributed by atoms with Gasteiger partial charge in [-0.25, -0.2) is 14.4 Å². The van der Waals surface area contributed by atoms with Crippen molar-refractivity contribution in [3.63, 3.8) is 0 Å². The molecule has 2 aromatic carbocycles. The Balaban J connectivity index is 1.15. The molecule has 0 unspecified atom stereocenters. The Morgan fingerprint density at radius 2 is 1.39 bits per heavy atom. The van der Waals surface area contributed by atoms with E-state index < -0.39 is 36.1 Å². The largest absolute Gasteiger partial charge is 0.459 e. The maximum atomic E-state index is 13.3. The summed E-state index contributed by atoms with van der Waals surface area (Å²) in [7, 11) is 0. The summed E-state index contributed by atoms with van der Waals surface area (Å²) in [6, 6.07) is 14.1. The molecule has 1 N–H and O–H groups in total. The predicted molar refractivity (Wildman–Crippen MR) is 162 cm³/mol. The van der Waals surface area contributed by atoms with Crippen molar-refractivity contribution in [3.05, 3.63) is 103 Å². The summed E-state index contributed by atoms with van der Waals surface area (Å²) < 4.78 is 19.3. The van der Waals surface area contributed by atoms with Crippen molar-refractivity contribution in [2.75, 3.05) is 6.61 Å². The highest BCUT2D eigenvalue weighted by atomic mass is 16.6. The van der Waals surface area contributed by atoms with E-state index in [1.807, 2.05) is 38.1 Å². The lowest BCUT2D eigenvalue weighted by Gasteiger charge is -2.56. The number of hydrogen-bond acceptors (Lipinski definition) is 7.